The minimum absolute atomic E-state index is 0.0752. The van der Waals surface area contributed by atoms with Crippen molar-refractivity contribution < 1.29 is 19.8 Å². The largest absolute Gasteiger partial charge is 0.478 e. The fraction of sp³-hybridized carbons (Fsp3) is 0.750. The van der Waals surface area contributed by atoms with E-state index in [0.29, 0.717) is 25.7 Å². The second-order valence-electron chi connectivity index (χ2n) is 6.34. The van der Waals surface area contributed by atoms with E-state index in [9.17, 15) is 19.8 Å². The number of carboxylic acids is 2. The molecule has 22 heavy (non-hydrogen) atoms. The van der Waals surface area contributed by atoms with Crippen LogP contribution in [0.3, 0.4) is 0 Å². The Labute approximate surface area is 140 Å². The summed E-state index contributed by atoms with van der Waals surface area (Å²) in [6.45, 7) is 0. The number of carbonyl (C=O) groups is 2. The van der Waals surface area contributed by atoms with Gasteiger partial charge in [0.05, 0.1) is 11.1 Å². The molecule has 0 unspecified atom stereocenters. The summed E-state index contributed by atoms with van der Waals surface area (Å²) in [4.78, 5) is 23.5. The molecule has 0 radical (unpaired) electrons. The maximum Gasteiger partial charge on any atom is 0.332 e. The molecule has 2 saturated carbocycles. The van der Waals surface area contributed by atoms with Crippen molar-refractivity contribution in [1.82, 2.24) is 0 Å². The van der Waals surface area contributed by atoms with E-state index in [0.717, 1.165) is 25.7 Å². The zero-order valence-corrected chi connectivity index (χ0v) is 13.9. The van der Waals surface area contributed by atoms with Crippen LogP contribution >= 0.6 is 23.2 Å². The lowest BCUT2D eigenvalue weighted by molar-refractivity contribution is -0.137. The average molecular weight is 349 g/mol. The lowest BCUT2D eigenvalue weighted by Gasteiger charge is -2.30. The van der Waals surface area contributed by atoms with Crippen molar-refractivity contribution in [3.05, 3.63) is 11.1 Å². The Bertz CT molecular complexity index is 417. The lowest BCUT2D eigenvalue weighted by Crippen LogP contribution is -2.28. The quantitative estimate of drug-likeness (QED) is 0.593. The third-order valence-electron chi connectivity index (χ3n) is 4.88. The number of halogens is 2. The monoisotopic (exact) mass is 348 g/mol. The van der Waals surface area contributed by atoms with Gasteiger partial charge < -0.3 is 10.2 Å². The minimum atomic E-state index is -1.09. The summed E-state index contributed by atoms with van der Waals surface area (Å²) >= 11 is 12.2. The maximum absolute atomic E-state index is 11.8. The van der Waals surface area contributed by atoms with Gasteiger partial charge in [-0.3, -0.25) is 0 Å². The van der Waals surface area contributed by atoms with Gasteiger partial charge in [-0.05, 0) is 63.2 Å². The number of rotatable bonds is 4. The molecular weight excluding hydrogens is 327 g/mol. The van der Waals surface area contributed by atoms with Crippen LogP contribution in [-0.2, 0) is 9.59 Å². The van der Waals surface area contributed by atoms with Gasteiger partial charge in [0.2, 0.25) is 0 Å². The first-order valence-corrected chi connectivity index (χ1v) is 8.76. The van der Waals surface area contributed by atoms with Gasteiger partial charge in [0, 0.05) is 10.8 Å². The molecule has 0 heterocycles. The van der Waals surface area contributed by atoms with E-state index in [4.69, 9.17) is 23.2 Å². The molecule has 0 aromatic heterocycles. The Morgan fingerprint density at radius 2 is 0.909 bits per heavy atom. The molecule has 0 aromatic carbocycles. The minimum Gasteiger partial charge on any atom is -0.478 e. The Kier molecular flexibility index (Phi) is 6.16. The molecule has 0 atom stereocenters. The summed E-state index contributed by atoms with van der Waals surface area (Å²) < 4.78 is 0. The summed E-state index contributed by atoms with van der Waals surface area (Å²) in [5.41, 5.74) is 0.211. The number of carboxylic acid groups (broad SMARTS) is 2. The van der Waals surface area contributed by atoms with Crippen molar-refractivity contribution in [2.75, 3.05) is 0 Å². The molecule has 2 N–H and O–H groups in total. The Hall–Kier alpha value is -0.740. The van der Waals surface area contributed by atoms with Gasteiger partial charge in [-0.1, -0.05) is 0 Å². The third-order valence-corrected chi connectivity index (χ3v) is 5.75. The van der Waals surface area contributed by atoms with Gasteiger partial charge in [-0.25, -0.2) is 9.59 Å². The van der Waals surface area contributed by atoms with Crippen molar-refractivity contribution in [1.29, 1.82) is 0 Å². The Morgan fingerprint density at radius 3 is 1.14 bits per heavy atom. The predicted molar refractivity (Wildman–Crippen MR) is 85.5 cm³/mol. The second kappa shape index (κ2) is 7.69. The SMILES string of the molecule is O=C(O)/C(=C(/C(=O)O)C1CCC(Cl)CC1)C1CCC(Cl)CC1. The molecule has 0 saturated heterocycles. The summed E-state index contributed by atoms with van der Waals surface area (Å²) in [5, 5.41) is 19.4. The molecule has 0 amide bonds. The van der Waals surface area contributed by atoms with Crippen LogP contribution in [0, 0.1) is 11.8 Å². The van der Waals surface area contributed by atoms with Crippen LogP contribution in [0.25, 0.3) is 0 Å². The normalized spacial score (nSPS) is 33.9. The number of hydrogen-bond acceptors (Lipinski definition) is 2. The van der Waals surface area contributed by atoms with Gasteiger partial charge in [-0.15, -0.1) is 23.2 Å². The molecule has 2 rings (SSSR count). The van der Waals surface area contributed by atoms with Gasteiger partial charge in [0.15, 0.2) is 0 Å². The van der Waals surface area contributed by atoms with Crippen LogP contribution in [0.2, 0.25) is 0 Å². The molecule has 0 aromatic rings. The fourth-order valence-corrected chi connectivity index (χ4v) is 4.21. The van der Waals surface area contributed by atoms with E-state index in [1.165, 1.54) is 0 Å². The van der Waals surface area contributed by atoms with Crippen molar-refractivity contribution >= 4 is 35.1 Å². The maximum atomic E-state index is 11.8. The molecule has 4 nitrogen and oxygen atoms in total. The highest BCUT2D eigenvalue weighted by molar-refractivity contribution is 6.20. The number of aliphatic carboxylic acids is 2. The highest BCUT2D eigenvalue weighted by atomic mass is 35.5. The van der Waals surface area contributed by atoms with E-state index >= 15 is 0 Å². The van der Waals surface area contributed by atoms with Gasteiger partial charge in [0.1, 0.15) is 0 Å². The molecule has 0 aliphatic heterocycles. The summed E-state index contributed by atoms with van der Waals surface area (Å²) in [6.07, 6.45) is 5.56. The predicted octanol–water partition coefficient (Wildman–Crippen LogP) is 4.05. The Balaban J connectivity index is 2.31. The van der Waals surface area contributed by atoms with Gasteiger partial charge in [0.25, 0.3) is 0 Å². The number of hydrogen-bond donors (Lipinski definition) is 2. The fourth-order valence-electron chi connectivity index (χ4n) is 3.70. The van der Waals surface area contributed by atoms with Gasteiger partial charge >= 0.3 is 11.9 Å². The van der Waals surface area contributed by atoms with E-state index in [1.54, 1.807) is 0 Å². The highest BCUT2D eigenvalue weighted by Crippen LogP contribution is 2.39. The van der Waals surface area contributed by atoms with E-state index in [-0.39, 0.29) is 33.7 Å². The van der Waals surface area contributed by atoms with E-state index in [1.807, 2.05) is 0 Å². The molecular formula is C16H22Cl2O4. The topological polar surface area (TPSA) is 74.6 Å². The van der Waals surface area contributed by atoms with Crippen molar-refractivity contribution in [3.8, 4) is 0 Å². The van der Waals surface area contributed by atoms with Crippen LogP contribution in [0.4, 0.5) is 0 Å². The van der Waals surface area contributed by atoms with Crippen molar-refractivity contribution in [3.63, 3.8) is 0 Å². The van der Waals surface area contributed by atoms with Crippen LogP contribution in [0.1, 0.15) is 51.4 Å². The van der Waals surface area contributed by atoms with Crippen LogP contribution < -0.4 is 0 Å². The standard InChI is InChI=1S/C16H22Cl2O4/c17-11-5-1-9(2-6-11)13(15(19)20)14(16(21)22)10-3-7-12(18)8-4-10/h9-12H,1-8H2,(H,19,20)(H,21,22)/b14-13+. The molecule has 0 bridgehead atoms. The van der Waals surface area contributed by atoms with E-state index < -0.39 is 11.9 Å². The van der Waals surface area contributed by atoms with Crippen molar-refractivity contribution in [2.24, 2.45) is 11.8 Å². The first-order valence-electron chi connectivity index (χ1n) is 7.89. The summed E-state index contributed by atoms with van der Waals surface area (Å²) in [7, 11) is 0. The molecule has 2 aliphatic carbocycles. The van der Waals surface area contributed by atoms with Crippen LogP contribution in [0.5, 0.6) is 0 Å². The first kappa shape index (κ1) is 17.6. The molecule has 0 spiro atoms. The zero-order valence-electron chi connectivity index (χ0n) is 12.4. The van der Waals surface area contributed by atoms with E-state index in [2.05, 4.69) is 0 Å². The average Bonchev–Trinajstić information content (AvgIpc) is 2.46. The molecule has 124 valence electrons. The number of alkyl halides is 2. The van der Waals surface area contributed by atoms with Gasteiger partial charge in [-0.2, -0.15) is 0 Å². The Morgan fingerprint density at radius 1 is 0.636 bits per heavy atom. The van der Waals surface area contributed by atoms with Crippen LogP contribution in [-0.4, -0.2) is 32.9 Å². The van der Waals surface area contributed by atoms with Crippen LogP contribution in [0.15, 0.2) is 11.1 Å². The lowest BCUT2D eigenvalue weighted by atomic mass is 9.75. The molecule has 6 heteroatoms. The zero-order chi connectivity index (χ0) is 16.3. The summed E-state index contributed by atoms with van der Waals surface area (Å²) in [6, 6.07) is 0. The second-order valence-corrected chi connectivity index (χ2v) is 7.57. The third kappa shape index (κ3) is 4.17. The summed E-state index contributed by atoms with van der Waals surface area (Å²) in [5.74, 6) is -2.59. The smallest absolute Gasteiger partial charge is 0.332 e. The molecule has 2 aliphatic rings. The molecule has 2 fully saturated rings. The van der Waals surface area contributed by atoms with Crippen molar-refractivity contribution in [2.45, 2.75) is 62.1 Å². The highest BCUT2D eigenvalue weighted by Gasteiger charge is 2.35. The first-order chi connectivity index (χ1) is 10.4.